The van der Waals surface area contributed by atoms with E-state index in [1.807, 2.05) is 0 Å². The fourth-order valence-corrected chi connectivity index (χ4v) is 2.53. The van der Waals surface area contributed by atoms with E-state index in [2.05, 4.69) is 15.4 Å². The molecule has 0 aliphatic carbocycles. The first-order valence-corrected chi connectivity index (χ1v) is 7.84. The number of carbonyl (C=O) groups is 3. The molecule has 1 aliphatic heterocycles. The molecule has 1 aromatic rings. The lowest BCUT2D eigenvalue weighted by Gasteiger charge is -2.15. The predicted molar refractivity (Wildman–Crippen MR) is 84.9 cm³/mol. The van der Waals surface area contributed by atoms with Crippen LogP contribution in [0.25, 0.3) is 0 Å². The molecular formula is C17H22N2O4. The van der Waals surface area contributed by atoms with Crippen molar-refractivity contribution in [2.24, 2.45) is 0 Å². The summed E-state index contributed by atoms with van der Waals surface area (Å²) in [4.78, 5) is 35.1. The molecule has 0 spiro atoms. The quantitative estimate of drug-likeness (QED) is 0.799. The molecule has 1 aliphatic rings. The van der Waals surface area contributed by atoms with Gasteiger partial charge in [-0.2, -0.15) is 0 Å². The second kappa shape index (κ2) is 8.31. The van der Waals surface area contributed by atoms with Crippen LogP contribution in [0.5, 0.6) is 0 Å². The first-order valence-electron chi connectivity index (χ1n) is 7.84. The van der Waals surface area contributed by atoms with E-state index in [1.54, 1.807) is 24.3 Å². The first-order chi connectivity index (χ1) is 11.1. The Bertz CT molecular complexity index is 568. The molecule has 23 heavy (non-hydrogen) atoms. The lowest BCUT2D eigenvalue weighted by atomic mass is 10.1. The first kappa shape index (κ1) is 17.0. The molecule has 2 N–H and O–H groups in total. The highest BCUT2D eigenvalue weighted by Gasteiger charge is 2.21. The largest absolute Gasteiger partial charge is 0.465 e. The van der Waals surface area contributed by atoms with Crippen LogP contribution >= 0.6 is 0 Å². The standard InChI is InChI=1S/C17H22N2O4/c1-23-17(22)13-8-5-12(6-9-13)7-10-15(20)19-14-4-2-3-11-18-16(14)21/h5-6,8-9,14H,2-4,7,10-11H2,1H3,(H,18,21)(H,19,20). The smallest absolute Gasteiger partial charge is 0.337 e. The summed E-state index contributed by atoms with van der Waals surface area (Å²) in [6.07, 6.45) is 3.43. The van der Waals surface area contributed by atoms with Gasteiger partial charge in [-0.15, -0.1) is 0 Å². The van der Waals surface area contributed by atoms with Gasteiger partial charge in [-0.3, -0.25) is 9.59 Å². The van der Waals surface area contributed by atoms with Gasteiger partial charge < -0.3 is 15.4 Å². The van der Waals surface area contributed by atoms with Crippen molar-refractivity contribution in [3.63, 3.8) is 0 Å². The summed E-state index contributed by atoms with van der Waals surface area (Å²) in [7, 11) is 1.34. The molecule has 2 rings (SSSR count). The van der Waals surface area contributed by atoms with Crippen LogP contribution in [0.1, 0.15) is 41.6 Å². The van der Waals surface area contributed by atoms with Crippen LogP contribution in [-0.4, -0.2) is 37.5 Å². The van der Waals surface area contributed by atoms with Gasteiger partial charge in [0.15, 0.2) is 0 Å². The van der Waals surface area contributed by atoms with E-state index in [0.29, 0.717) is 31.4 Å². The molecule has 6 heteroatoms. The Morgan fingerprint density at radius 2 is 2.00 bits per heavy atom. The Morgan fingerprint density at radius 3 is 2.70 bits per heavy atom. The third kappa shape index (κ3) is 5.09. The van der Waals surface area contributed by atoms with E-state index >= 15 is 0 Å². The zero-order chi connectivity index (χ0) is 16.7. The van der Waals surface area contributed by atoms with Gasteiger partial charge in [-0.25, -0.2) is 4.79 Å². The molecule has 0 radical (unpaired) electrons. The average molecular weight is 318 g/mol. The number of benzene rings is 1. The second-order valence-electron chi connectivity index (χ2n) is 5.60. The number of nitrogens with one attached hydrogen (secondary N) is 2. The lowest BCUT2D eigenvalue weighted by molar-refractivity contribution is -0.128. The number of ether oxygens (including phenoxy) is 1. The molecule has 0 saturated carbocycles. The SMILES string of the molecule is COC(=O)c1ccc(CCC(=O)NC2CCCCNC2=O)cc1. The van der Waals surface area contributed by atoms with E-state index < -0.39 is 6.04 Å². The lowest BCUT2D eigenvalue weighted by Crippen LogP contribution is -2.45. The van der Waals surface area contributed by atoms with Crippen LogP contribution in [-0.2, 0) is 20.7 Å². The van der Waals surface area contributed by atoms with Crippen LogP contribution in [0.15, 0.2) is 24.3 Å². The van der Waals surface area contributed by atoms with Crippen LogP contribution < -0.4 is 10.6 Å². The number of rotatable bonds is 5. The van der Waals surface area contributed by atoms with Gasteiger partial charge >= 0.3 is 5.97 Å². The molecule has 1 unspecified atom stereocenters. The van der Waals surface area contributed by atoms with E-state index in [0.717, 1.165) is 18.4 Å². The Kier molecular flexibility index (Phi) is 6.14. The fourth-order valence-electron chi connectivity index (χ4n) is 2.53. The Hall–Kier alpha value is -2.37. The van der Waals surface area contributed by atoms with Crippen molar-refractivity contribution >= 4 is 17.8 Å². The summed E-state index contributed by atoms with van der Waals surface area (Å²) in [5.74, 6) is -0.615. The van der Waals surface area contributed by atoms with Crippen LogP contribution in [0.2, 0.25) is 0 Å². The molecule has 1 aromatic carbocycles. The van der Waals surface area contributed by atoms with E-state index in [9.17, 15) is 14.4 Å². The highest BCUT2D eigenvalue weighted by atomic mass is 16.5. The zero-order valence-corrected chi connectivity index (χ0v) is 13.3. The van der Waals surface area contributed by atoms with Gasteiger partial charge in [0, 0.05) is 13.0 Å². The summed E-state index contributed by atoms with van der Waals surface area (Å²) >= 11 is 0. The molecule has 6 nitrogen and oxygen atoms in total. The second-order valence-corrected chi connectivity index (χ2v) is 5.60. The molecule has 1 atom stereocenters. The van der Waals surface area contributed by atoms with Crippen molar-refractivity contribution in [1.82, 2.24) is 10.6 Å². The van der Waals surface area contributed by atoms with Crippen molar-refractivity contribution in [2.75, 3.05) is 13.7 Å². The summed E-state index contributed by atoms with van der Waals surface area (Å²) in [5, 5.41) is 5.59. The van der Waals surface area contributed by atoms with Gasteiger partial charge in [-0.1, -0.05) is 12.1 Å². The minimum atomic E-state index is -0.424. The Balaban J connectivity index is 1.81. The van der Waals surface area contributed by atoms with E-state index in [-0.39, 0.29) is 17.8 Å². The van der Waals surface area contributed by atoms with Crippen molar-refractivity contribution < 1.29 is 19.1 Å². The highest BCUT2D eigenvalue weighted by Crippen LogP contribution is 2.09. The number of carbonyl (C=O) groups excluding carboxylic acids is 3. The zero-order valence-electron chi connectivity index (χ0n) is 13.3. The maximum absolute atomic E-state index is 12.0. The van der Waals surface area contributed by atoms with Crippen molar-refractivity contribution in [2.45, 2.75) is 38.1 Å². The van der Waals surface area contributed by atoms with Crippen molar-refractivity contribution in [1.29, 1.82) is 0 Å². The third-order valence-electron chi connectivity index (χ3n) is 3.89. The van der Waals surface area contributed by atoms with Crippen molar-refractivity contribution in [3.05, 3.63) is 35.4 Å². The molecule has 1 saturated heterocycles. The summed E-state index contributed by atoms with van der Waals surface area (Å²) < 4.78 is 4.64. The number of esters is 1. The Morgan fingerprint density at radius 1 is 1.26 bits per heavy atom. The van der Waals surface area contributed by atoms with Crippen LogP contribution in [0, 0.1) is 0 Å². The summed E-state index contributed by atoms with van der Waals surface area (Å²) in [5.41, 5.74) is 1.44. The van der Waals surface area contributed by atoms with Gasteiger partial charge in [0.1, 0.15) is 6.04 Å². The third-order valence-corrected chi connectivity index (χ3v) is 3.89. The fraction of sp³-hybridized carbons (Fsp3) is 0.471. The molecule has 1 heterocycles. The number of hydrogen-bond donors (Lipinski definition) is 2. The maximum atomic E-state index is 12.0. The van der Waals surface area contributed by atoms with Gasteiger partial charge in [-0.05, 0) is 43.4 Å². The van der Waals surface area contributed by atoms with Crippen LogP contribution in [0.3, 0.4) is 0 Å². The molecular weight excluding hydrogens is 296 g/mol. The molecule has 124 valence electrons. The minimum Gasteiger partial charge on any atom is -0.465 e. The number of amides is 2. The average Bonchev–Trinajstić information content (AvgIpc) is 2.77. The monoisotopic (exact) mass is 318 g/mol. The normalized spacial score (nSPS) is 17.8. The van der Waals surface area contributed by atoms with Gasteiger partial charge in [0.25, 0.3) is 0 Å². The van der Waals surface area contributed by atoms with E-state index in [1.165, 1.54) is 7.11 Å². The summed E-state index contributed by atoms with van der Waals surface area (Å²) in [6, 6.07) is 6.54. The topological polar surface area (TPSA) is 84.5 Å². The molecule has 1 fully saturated rings. The molecule has 0 aromatic heterocycles. The molecule has 2 amide bonds. The number of aryl methyl sites for hydroxylation is 1. The number of hydrogen-bond acceptors (Lipinski definition) is 4. The Labute approximate surface area is 135 Å². The highest BCUT2D eigenvalue weighted by molar-refractivity contribution is 5.89. The maximum Gasteiger partial charge on any atom is 0.337 e. The van der Waals surface area contributed by atoms with Crippen molar-refractivity contribution in [3.8, 4) is 0 Å². The summed E-state index contributed by atoms with van der Waals surface area (Å²) in [6.45, 7) is 0.678. The minimum absolute atomic E-state index is 0.0988. The van der Waals surface area contributed by atoms with Gasteiger partial charge in [0.2, 0.25) is 11.8 Å². The molecule has 0 bridgehead atoms. The number of methoxy groups -OCH3 is 1. The predicted octanol–water partition coefficient (Wildman–Crippen LogP) is 1.19. The van der Waals surface area contributed by atoms with E-state index in [4.69, 9.17) is 0 Å². The van der Waals surface area contributed by atoms with Gasteiger partial charge in [0.05, 0.1) is 12.7 Å². The van der Waals surface area contributed by atoms with Crippen LogP contribution in [0.4, 0.5) is 0 Å².